The van der Waals surface area contributed by atoms with Gasteiger partial charge in [-0.2, -0.15) is 0 Å². The number of benzene rings is 1. The van der Waals surface area contributed by atoms with Crippen LogP contribution >= 0.6 is 0 Å². The Morgan fingerprint density at radius 3 is 2.58 bits per heavy atom. The number of carbonyl (C=O) groups excluding carboxylic acids is 1. The number of amides is 1. The molecule has 0 aliphatic carbocycles. The molecule has 1 aromatic rings. The first-order valence-corrected chi connectivity index (χ1v) is 9.82. The van der Waals surface area contributed by atoms with Crippen molar-refractivity contribution in [1.82, 2.24) is 4.90 Å². The van der Waals surface area contributed by atoms with Crippen LogP contribution in [0.15, 0.2) is 29.4 Å². The molecule has 1 aliphatic heterocycles. The van der Waals surface area contributed by atoms with E-state index < -0.39 is 9.84 Å². The largest absolute Gasteiger partial charge is 0.386 e. The van der Waals surface area contributed by atoms with Gasteiger partial charge >= 0.3 is 0 Å². The third-order valence-electron chi connectivity index (χ3n) is 4.22. The molecule has 1 aliphatic rings. The maximum atomic E-state index is 12.0. The van der Waals surface area contributed by atoms with Crippen LogP contribution in [0.1, 0.15) is 37.3 Å². The number of hydrogen-bond acceptors (Lipinski definition) is 5. The second-order valence-corrected chi connectivity index (χ2v) is 8.62. The summed E-state index contributed by atoms with van der Waals surface area (Å²) in [7, 11) is -1.41. The maximum absolute atomic E-state index is 12.0. The van der Waals surface area contributed by atoms with Gasteiger partial charge in [-0.25, -0.2) is 8.42 Å². The first kappa shape index (κ1) is 18.4. The van der Waals surface area contributed by atoms with Crippen molar-refractivity contribution in [3.63, 3.8) is 0 Å². The van der Waals surface area contributed by atoms with Crippen molar-refractivity contribution in [3.05, 3.63) is 35.4 Å². The highest BCUT2D eigenvalue weighted by Crippen LogP contribution is 2.16. The number of hydrogen-bond donors (Lipinski definition) is 0. The first-order valence-electron chi connectivity index (χ1n) is 8.00. The lowest BCUT2D eigenvalue weighted by atomic mass is 10.0. The van der Waals surface area contributed by atoms with E-state index in [0.29, 0.717) is 12.3 Å². The Bertz CT molecular complexity index is 696. The van der Waals surface area contributed by atoms with E-state index in [1.807, 2.05) is 24.3 Å². The van der Waals surface area contributed by atoms with E-state index in [9.17, 15) is 13.2 Å². The van der Waals surface area contributed by atoms with E-state index in [-0.39, 0.29) is 30.1 Å². The summed E-state index contributed by atoms with van der Waals surface area (Å²) in [5, 5.41) is 3.80. The van der Waals surface area contributed by atoms with Crippen molar-refractivity contribution >= 4 is 22.0 Å². The highest BCUT2D eigenvalue weighted by molar-refractivity contribution is 7.91. The molecule has 7 heteroatoms. The zero-order chi connectivity index (χ0) is 17.7. The topological polar surface area (TPSA) is 76.0 Å². The summed E-state index contributed by atoms with van der Waals surface area (Å²) in [5.74, 6) is 0.366. The Morgan fingerprint density at radius 1 is 1.38 bits per heavy atom. The number of rotatable bonds is 6. The molecule has 6 nitrogen and oxygen atoms in total. The molecule has 0 saturated carbocycles. The number of nitrogens with zero attached hydrogens (tertiary/aromatic N) is 2. The van der Waals surface area contributed by atoms with Gasteiger partial charge in [-0.3, -0.25) is 4.79 Å². The molecule has 1 atom stereocenters. The van der Waals surface area contributed by atoms with E-state index in [1.54, 1.807) is 13.3 Å². The van der Waals surface area contributed by atoms with Crippen LogP contribution in [0.3, 0.4) is 0 Å². The van der Waals surface area contributed by atoms with E-state index in [2.05, 4.69) is 19.0 Å². The predicted octanol–water partition coefficient (Wildman–Crippen LogP) is 1.81. The molecule has 0 aromatic heterocycles. The molecule has 1 amide bonds. The van der Waals surface area contributed by atoms with Gasteiger partial charge in [0, 0.05) is 13.1 Å². The number of carbonyl (C=O) groups is 1. The smallest absolute Gasteiger partial charge is 0.263 e. The third kappa shape index (κ3) is 5.06. The molecular formula is C17H24N2O4S. The molecule has 0 unspecified atom stereocenters. The van der Waals surface area contributed by atoms with Gasteiger partial charge in [0.25, 0.3) is 5.91 Å². The summed E-state index contributed by atoms with van der Waals surface area (Å²) < 4.78 is 22.9. The van der Waals surface area contributed by atoms with E-state index >= 15 is 0 Å². The molecule has 1 saturated heterocycles. The quantitative estimate of drug-likeness (QED) is 0.578. The minimum absolute atomic E-state index is 0.0285. The number of sulfone groups is 1. The SMILES string of the molecule is CC(C)c1ccc(/C=N\OCC(=O)N(C)[C@H]2CCS(=O)(=O)C2)cc1. The molecule has 1 heterocycles. The predicted molar refractivity (Wildman–Crippen MR) is 93.9 cm³/mol. The Hall–Kier alpha value is -1.89. The van der Waals surface area contributed by atoms with Crippen molar-refractivity contribution < 1.29 is 18.0 Å². The van der Waals surface area contributed by atoms with Gasteiger partial charge in [0.1, 0.15) is 0 Å². The average Bonchev–Trinajstić information content (AvgIpc) is 2.91. The van der Waals surface area contributed by atoms with E-state index in [4.69, 9.17) is 4.84 Å². The molecule has 0 spiro atoms. The average molecular weight is 352 g/mol. The molecule has 0 bridgehead atoms. The second-order valence-electron chi connectivity index (χ2n) is 6.39. The molecule has 0 radical (unpaired) electrons. The van der Waals surface area contributed by atoms with Crippen LogP contribution in [-0.4, -0.2) is 56.6 Å². The van der Waals surface area contributed by atoms with Crippen molar-refractivity contribution in [2.45, 2.75) is 32.2 Å². The van der Waals surface area contributed by atoms with Crippen molar-refractivity contribution in [2.75, 3.05) is 25.2 Å². The van der Waals surface area contributed by atoms with Gasteiger partial charge < -0.3 is 9.74 Å². The van der Waals surface area contributed by atoms with Gasteiger partial charge in [-0.1, -0.05) is 43.3 Å². The van der Waals surface area contributed by atoms with Gasteiger partial charge in [0.05, 0.1) is 17.7 Å². The minimum atomic E-state index is -3.01. The van der Waals surface area contributed by atoms with Crippen LogP contribution in [0.2, 0.25) is 0 Å². The summed E-state index contributed by atoms with van der Waals surface area (Å²) in [5.41, 5.74) is 2.14. The standard InChI is InChI=1S/C17H24N2O4S/c1-13(2)15-6-4-14(5-7-15)10-18-23-11-17(20)19(3)16-8-9-24(21,22)12-16/h4-7,10,13,16H,8-9,11-12H2,1-3H3/b18-10-/t16-/m0/s1. The zero-order valence-corrected chi connectivity index (χ0v) is 15.1. The lowest BCUT2D eigenvalue weighted by Crippen LogP contribution is -2.39. The van der Waals surface area contributed by atoms with Gasteiger partial charge in [0.2, 0.25) is 0 Å². The Kier molecular flexibility index (Phi) is 5.99. The highest BCUT2D eigenvalue weighted by atomic mass is 32.2. The van der Waals surface area contributed by atoms with Crippen LogP contribution in [0.25, 0.3) is 0 Å². The van der Waals surface area contributed by atoms with Crippen molar-refractivity contribution in [3.8, 4) is 0 Å². The summed E-state index contributed by atoms with van der Waals surface area (Å²) in [6, 6.07) is 7.69. The van der Waals surface area contributed by atoms with E-state index in [1.165, 1.54) is 10.5 Å². The highest BCUT2D eigenvalue weighted by Gasteiger charge is 2.32. The molecule has 132 valence electrons. The molecule has 1 aromatic carbocycles. The van der Waals surface area contributed by atoms with Gasteiger partial charge in [-0.05, 0) is 23.5 Å². The lowest BCUT2D eigenvalue weighted by Gasteiger charge is -2.22. The number of likely N-dealkylation sites (N-methyl/N-ethyl adjacent to an activating group) is 1. The molecule has 24 heavy (non-hydrogen) atoms. The first-order chi connectivity index (χ1) is 11.3. The van der Waals surface area contributed by atoms with Gasteiger partial charge in [-0.15, -0.1) is 0 Å². The maximum Gasteiger partial charge on any atom is 0.263 e. The van der Waals surface area contributed by atoms with Crippen molar-refractivity contribution in [2.24, 2.45) is 5.16 Å². The second kappa shape index (κ2) is 7.79. The summed E-state index contributed by atoms with van der Waals surface area (Å²) in [4.78, 5) is 18.5. The number of oxime groups is 1. The Balaban J connectivity index is 1.79. The monoisotopic (exact) mass is 352 g/mol. The summed E-state index contributed by atoms with van der Waals surface area (Å²) >= 11 is 0. The normalized spacial score (nSPS) is 19.8. The summed E-state index contributed by atoms with van der Waals surface area (Å²) in [6.45, 7) is 4.06. The van der Waals surface area contributed by atoms with Gasteiger partial charge in [0.15, 0.2) is 16.4 Å². The fourth-order valence-corrected chi connectivity index (χ4v) is 4.32. The third-order valence-corrected chi connectivity index (χ3v) is 5.97. The van der Waals surface area contributed by atoms with Crippen LogP contribution in [0.5, 0.6) is 0 Å². The fourth-order valence-electron chi connectivity index (χ4n) is 2.54. The molecule has 2 rings (SSSR count). The fraction of sp³-hybridized carbons (Fsp3) is 0.529. The van der Waals surface area contributed by atoms with Crippen LogP contribution < -0.4 is 0 Å². The van der Waals surface area contributed by atoms with Crippen LogP contribution in [0.4, 0.5) is 0 Å². The van der Waals surface area contributed by atoms with E-state index in [0.717, 1.165) is 5.56 Å². The summed E-state index contributed by atoms with van der Waals surface area (Å²) in [6.07, 6.45) is 2.04. The van der Waals surface area contributed by atoms with Crippen molar-refractivity contribution in [1.29, 1.82) is 0 Å². The molecular weight excluding hydrogens is 328 g/mol. The Labute approximate surface area is 143 Å². The Morgan fingerprint density at radius 2 is 2.04 bits per heavy atom. The lowest BCUT2D eigenvalue weighted by molar-refractivity contribution is -0.136. The molecule has 1 fully saturated rings. The zero-order valence-electron chi connectivity index (χ0n) is 14.3. The van der Waals surface area contributed by atoms with Crippen LogP contribution in [0, 0.1) is 0 Å². The van der Waals surface area contributed by atoms with Crippen LogP contribution in [-0.2, 0) is 19.5 Å². The minimum Gasteiger partial charge on any atom is -0.386 e. The molecule has 0 N–H and O–H groups in total.